The number of carbonyl (C=O) groups excluding carboxylic acids is 1. The van der Waals surface area contributed by atoms with Crippen molar-refractivity contribution >= 4 is 23.0 Å². The first-order chi connectivity index (χ1) is 14.6. The highest BCUT2D eigenvalue weighted by molar-refractivity contribution is 5.83. The molecule has 2 saturated heterocycles. The molecule has 0 bridgehead atoms. The van der Waals surface area contributed by atoms with E-state index in [1.807, 2.05) is 23.1 Å². The molecular formula is C23H29FN4O2. The molecule has 2 fully saturated rings. The van der Waals surface area contributed by atoms with Crippen LogP contribution in [0.15, 0.2) is 48.5 Å². The topological polar surface area (TPSA) is 59.1 Å². The second-order valence-corrected chi connectivity index (χ2v) is 7.93. The number of piperazine rings is 1. The zero-order valence-corrected chi connectivity index (χ0v) is 17.1. The van der Waals surface area contributed by atoms with E-state index in [2.05, 4.69) is 21.2 Å². The van der Waals surface area contributed by atoms with Gasteiger partial charge in [0.1, 0.15) is 5.82 Å². The van der Waals surface area contributed by atoms with Crippen LogP contribution in [0.25, 0.3) is 0 Å². The number of carbonyl (C=O) groups is 1. The van der Waals surface area contributed by atoms with Gasteiger partial charge in [0.15, 0.2) is 0 Å². The summed E-state index contributed by atoms with van der Waals surface area (Å²) in [4.78, 5) is 19.1. The Balaban J connectivity index is 1.30. The van der Waals surface area contributed by atoms with Gasteiger partial charge in [-0.1, -0.05) is 12.1 Å². The summed E-state index contributed by atoms with van der Waals surface area (Å²) >= 11 is 0. The lowest BCUT2D eigenvalue weighted by molar-refractivity contribution is -0.129. The molecule has 6 nitrogen and oxygen atoms in total. The van der Waals surface area contributed by atoms with Crippen LogP contribution in [0.5, 0.6) is 0 Å². The van der Waals surface area contributed by atoms with Gasteiger partial charge in [0.25, 0.3) is 0 Å². The van der Waals surface area contributed by atoms with Crippen LogP contribution in [-0.2, 0) is 4.79 Å². The van der Waals surface area contributed by atoms with Crippen molar-refractivity contribution in [1.82, 2.24) is 4.90 Å². The maximum atomic E-state index is 13.1. The number of aliphatic hydroxyl groups is 1. The number of piperidine rings is 1. The van der Waals surface area contributed by atoms with E-state index in [1.54, 1.807) is 12.1 Å². The summed E-state index contributed by atoms with van der Waals surface area (Å²) in [5.41, 5.74) is 3.02. The highest BCUT2D eigenvalue weighted by Crippen LogP contribution is 2.28. The van der Waals surface area contributed by atoms with Gasteiger partial charge >= 0.3 is 0 Å². The molecule has 2 aromatic rings. The summed E-state index contributed by atoms with van der Waals surface area (Å²) in [5, 5.41) is 13.1. The van der Waals surface area contributed by atoms with Gasteiger partial charge in [-0.05, 0) is 49.2 Å². The van der Waals surface area contributed by atoms with Crippen LogP contribution < -0.4 is 15.1 Å². The fraction of sp³-hybridized carbons (Fsp3) is 0.435. The van der Waals surface area contributed by atoms with Gasteiger partial charge in [-0.2, -0.15) is 0 Å². The predicted molar refractivity (Wildman–Crippen MR) is 118 cm³/mol. The molecule has 2 aliphatic rings. The van der Waals surface area contributed by atoms with E-state index in [1.165, 1.54) is 12.1 Å². The lowest BCUT2D eigenvalue weighted by atomic mass is 10.1. The first kappa shape index (κ1) is 20.5. The Morgan fingerprint density at radius 2 is 1.60 bits per heavy atom. The van der Waals surface area contributed by atoms with E-state index in [0.29, 0.717) is 13.1 Å². The Kier molecular flexibility index (Phi) is 6.38. The molecule has 0 aromatic heterocycles. The molecular weight excluding hydrogens is 383 g/mol. The number of hydrogen-bond acceptors (Lipinski definition) is 5. The molecule has 30 heavy (non-hydrogen) atoms. The van der Waals surface area contributed by atoms with Crippen LogP contribution in [0.4, 0.5) is 21.5 Å². The fourth-order valence-electron chi connectivity index (χ4n) is 4.15. The first-order valence-corrected chi connectivity index (χ1v) is 10.6. The molecule has 2 aliphatic heterocycles. The number of nitrogens with one attached hydrogen (secondary N) is 1. The maximum absolute atomic E-state index is 13.1. The third-order valence-corrected chi connectivity index (χ3v) is 5.96. The number of nitrogens with zero attached hydrogens (tertiary/aromatic N) is 3. The zero-order chi connectivity index (χ0) is 20.9. The molecule has 160 valence electrons. The van der Waals surface area contributed by atoms with Crippen LogP contribution in [-0.4, -0.2) is 67.8 Å². The Labute approximate surface area is 176 Å². The molecule has 4 rings (SSSR count). The number of amides is 1. The number of aliphatic hydroxyl groups excluding tert-OH is 1. The Morgan fingerprint density at radius 3 is 2.30 bits per heavy atom. The number of hydrogen-bond donors (Lipinski definition) is 2. The molecule has 0 radical (unpaired) electrons. The van der Waals surface area contributed by atoms with E-state index in [0.717, 1.165) is 56.1 Å². The van der Waals surface area contributed by atoms with Gasteiger partial charge in [0.05, 0.1) is 24.0 Å². The highest BCUT2D eigenvalue weighted by atomic mass is 19.1. The molecule has 0 aliphatic carbocycles. The number of anilines is 3. The minimum Gasteiger partial charge on any atom is -0.393 e. The van der Waals surface area contributed by atoms with Gasteiger partial charge in [-0.3, -0.25) is 4.79 Å². The number of rotatable bonds is 5. The van der Waals surface area contributed by atoms with E-state index in [-0.39, 0.29) is 24.4 Å². The average molecular weight is 413 g/mol. The lowest BCUT2D eigenvalue weighted by Crippen LogP contribution is -2.50. The number of halogens is 1. The van der Waals surface area contributed by atoms with Crippen molar-refractivity contribution in [3.63, 3.8) is 0 Å². The van der Waals surface area contributed by atoms with E-state index in [4.69, 9.17) is 0 Å². The molecule has 0 saturated carbocycles. The van der Waals surface area contributed by atoms with Crippen molar-refractivity contribution < 1.29 is 14.3 Å². The first-order valence-electron chi connectivity index (χ1n) is 10.6. The fourth-order valence-corrected chi connectivity index (χ4v) is 4.15. The highest BCUT2D eigenvalue weighted by Gasteiger charge is 2.22. The average Bonchev–Trinajstić information content (AvgIpc) is 2.79. The van der Waals surface area contributed by atoms with Gasteiger partial charge in [0.2, 0.25) is 5.91 Å². The predicted octanol–water partition coefficient (Wildman–Crippen LogP) is 2.55. The Bertz CT molecular complexity index is 845. The smallest absolute Gasteiger partial charge is 0.241 e. The molecule has 2 N–H and O–H groups in total. The molecule has 1 amide bonds. The SMILES string of the molecule is O=C(CNc1ccccc1N1CCC(O)CC1)N1CCN(c2ccc(F)cc2)CC1. The summed E-state index contributed by atoms with van der Waals surface area (Å²) in [6.45, 7) is 4.68. The van der Waals surface area contributed by atoms with E-state index in [9.17, 15) is 14.3 Å². The van der Waals surface area contributed by atoms with Gasteiger partial charge in [-0.25, -0.2) is 4.39 Å². The van der Waals surface area contributed by atoms with Crippen molar-refractivity contribution in [3.8, 4) is 0 Å². The monoisotopic (exact) mass is 412 g/mol. The van der Waals surface area contributed by atoms with E-state index < -0.39 is 0 Å². The van der Waals surface area contributed by atoms with E-state index >= 15 is 0 Å². The van der Waals surface area contributed by atoms with Crippen molar-refractivity contribution in [3.05, 3.63) is 54.3 Å². The van der Waals surface area contributed by atoms with Crippen molar-refractivity contribution in [2.24, 2.45) is 0 Å². The quantitative estimate of drug-likeness (QED) is 0.791. The maximum Gasteiger partial charge on any atom is 0.241 e. The van der Waals surface area contributed by atoms with Gasteiger partial charge in [0, 0.05) is 45.0 Å². The third kappa shape index (κ3) is 4.84. The summed E-state index contributed by atoms with van der Waals surface area (Å²) in [6, 6.07) is 14.5. The zero-order valence-electron chi connectivity index (χ0n) is 17.1. The molecule has 2 heterocycles. The second-order valence-electron chi connectivity index (χ2n) is 7.93. The van der Waals surface area contributed by atoms with Crippen molar-refractivity contribution in [2.45, 2.75) is 18.9 Å². The van der Waals surface area contributed by atoms with Crippen LogP contribution >= 0.6 is 0 Å². The normalized spacial score (nSPS) is 17.9. The van der Waals surface area contributed by atoms with Gasteiger partial charge < -0.3 is 25.1 Å². The minimum absolute atomic E-state index is 0.0811. The summed E-state index contributed by atoms with van der Waals surface area (Å²) in [6.07, 6.45) is 1.33. The van der Waals surface area contributed by atoms with Gasteiger partial charge in [-0.15, -0.1) is 0 Å². The lowest BCUT2D eigenvalue weighted by Gasteiger charge is -2.36. The minimum atomic E-state index is -0.236. The van der Waals surface area contributed by atoms with Crippen LogP contribution in [0.2, 0.25) is 0 Å². The number of benzene rings is 2. The van der Waals surface area contributed by atoms with Crippen molar-refractivity contribution in [2.75, 3.05) is 60.9 Å². The van der Waals surface area contributed by atoms with Crippen LogP contribution in [0, 0.1) is 5.82 Å². The molecule has 2 aromatic carbocycles. The molecule has 7 heteroatoms. The third-order valence-electron chi connectivity index (χ3n) is 5.96. The number of para-hydroxylation sites is 2. The largest absolute Gasteiger partial charge is 0.393 e. The van der Waals surface area contributed by atoms with Crippen LogP contribution in [0.3, 0.4) is 0 Å². The second kappa shape index (κ2) is 9.34. The van der Waals surface area contributed by atoms with Crippen molar-refractivity contribution in [1.29, 1.82) is 0 Å². The molecule has 0 unspecified atom stereocenters. The summed E-state index contributed by atoms with van der Waals surface area (Å²) in [7, 11) is 0. The summed E-state index contributed by atoms with van der Waals surface area (Å²) in [5.74, 6) is -0.155. The Hall–Kier alpha value is -2.80. The Morgan fingerprint density at radius 1 is 0.933 bits per heavy atom. The standard InChI is InChI=1S/C23H29FN4O2/c24-18-5-7-19(8-6-18)26-13-15-28(16-14-26)23(30)17-25-21-3-1-2-4-22(21)27-11-9-20(29)10-12-27/h1-8,20,25,29H,9-17H2. The molecule has 0 spiro atoms. The van der Waals surface area contributed by atoms with Crippen LogP contribution in [0.1, 0.15) is 12.8 Å². The molecule has 0 atom stereocenters. The summed E-state index contributed by atoms with van der Waals surface area (Å²) < 4.78 is 13.1.